The zero-order valence-electron chi connectivity index (χ0n) is 18.4. The maximum absolute atomic E-state index is 13.1. The quantitative estimate of drug-likeness (QED) is 0.399. The van der Waals surface area contributed by atoms with Gasteiger partial charge in [-0.25, -0.2) is 9.78 Å². The van der Waals surface area contributed by atoms with Gasteiger partial charge in [-0.1, -0.05) is 25.1 Å². The van der Waals surface area contributed by atoms with Crippen molar-refractivity contribution in [1.29, 1.82) is 0 Å². The molecule has 190 valence electrons. The lowest BCUT2D eigenvalue weighted by Gasteiger charge is -2.29. The summed E-state index contributed by atoms with van der Waals surface area (Å²) in [7, 11) is 0. The van der Waals surface area contributed by atoms with Crippen molar-refractivity contribution in [3.8, 4) is 11.5 Å². The van der Waals surface area contributed by atoms with Crippen LogP contribution in [0.2, 0.25) is 5.02 Å². The van der Waals surface area contributed by atoms with E-state index in [1.165, 1.54) is 24.1 Å². The molecule has 7 nitrogen and oxygen atoms in total. The number of hydrogen-bond acceptors (Lipinski definition) is 4. The molecule has 0 radical (unpaired) electrons. The summed E-state index contributed by atoms with van der Waals surface area (Å²) in [5.74, 6) is 1.09. The van der Waals surface area contributed by atoms with Crippen LogP contribution in [-0.2, 0) is 23.9 Å². The number of alkyl halides is 3. The number of carbonyl (C=O) groups excluding carboxylic acids is 2. The molecule has 2 heterocycles. The van der Waals surface area contributed by atoms with E-state index in [2.05, 4.69) is 15.6 Å². The van der Waals surface area contributed by atoms with Crippen LogP contribution in [0.5, 0.6) is 11.5 Å². The van der Waals surface area contributed by atoms with E-state index in [0.717, 1.165) is 23.3 Å². The number of nitrogens with one attached hydrogen (secondary N) is 2. The summed E-state index contributed by atoms with van der Waals surface area (Å²) >= 11 is 5.65. The lowest BCUT2D eigenvalue weighted by molar-refractivity contribution is -0.137. The van der Waals surface area contributed by atoms with Crippen LogP contribution in [0.4, 0.5) is 29.5 Å². The highest BCUT2D eigenvalue weighted by atomic mass is 35.5. The van der Waals surface area contributed by atoms with Gasteiger partial charge in [0.05, 0.1) is 10.6 Å². The molecule has 0 unspecified atom stereocenters. The summed E-state index contributed by atoms with van der Waals surface area (Å²) in [6.07, 6.45) is -2.54. The third-order valence-electron chi connectivity index (χ3n) is 5.27. The zero-order chi connectivity index (χ0) is 25.2. The minimum absolute atomic E-state index is 0. The Labute approximate surface area is 211 Å². The maximum Gasteiger partial charge on any atom is 0.417 e. The maximum atomic E-state index is 13.1. The number of anilines is 2. The summed E-state index contributed by atoms with van der Waals surface area (Å²) in [4.78, 5) is 29.5. The number of amides is 3. The second kappa shape index (κ2) is 10.9. The fraction of sp³-hybridized carbons (Fsp3) is 0.240. The summed E-state index contributed by atoms with van der Waals surface area (Å²) in [6.45, 7) is 2.04. The summed E-state index contributed by atoms with van der Waals surface area (Å²) in [5, 5.41) is 4.66. The topological polar surface area (TPSA) is 83.6 Å². The summed E-state index contributed by atoms with van der Waals surface area (Å²) < 4.78 is 45.2. The van der Waals surface area contributed by atoms with Crippen molar-refractivity contribution >= 4 is 35.0 Å². The number of rotatable bonds is 4. The number of halogens is 4. The highest BCUT2D eigenvalue weighted by molar-refractivity contribution is 6.31. The minimum Gasteiger partial charge on any atom is -0.457 e. The van der Waals surface area contributed by atoms with Crippen LogP contribution in [0.1, 0.15) is 31.0 Å². The standard InChI is InChI=1S/C24H20ClF3N4O3.CH4/c1-14(33)30-22-12-19(6-8-29-22)35-18-4-2-15-7-9-32(13-16(15)10-18)23(34)31-17-3-5-21(25)20(11-17)24(26,27)28;/h2-6,8,10-12H,7,9,13H2,1H3,(H,31,34)(H,29,30,33);1H4. The molecule has 0 bridgehead atoms. The van der Waals surface area contributed by atoms with Crippen molar-refractivity contribution in [2.75, 3.05) is 17.2 Å². The number of pyridine rings is 1. The first-order valence-electron chi connectivity index (χ1n) is 10.5. The van der Waals surface area contributed by atoms with Crippen LogP contribution in [-0.4, -0.2) is 28.4 Å². The Balaban J connectivity index is 0.00000361. The minimum atomic E-state index is -4.63. The van der Waals surface area contributed by atoms with Crippen LogP contribution < -0.4 is 15.4 Å². The number of aromatic nitrogens is 1. The molecule has 0 atom stereocenters. The Kier molecular flexibility index (Phi) is 8.09. The van der Waals surface area contributed by atoms with Crippen molar-refractivity contribution < 1.29 is 27.5 Å². The lowest BCUT2D eigenvalue weighted by Crippen LogP contribution is -2.38. The van der Waals surface area contributed by atoms with Crippen molar-refractivity contribution in [1.82, 2.24) is 9.88 Å². The Morgan fingerprint density at radius 2 is 1.78 bits per heavy atom. The van der Waals surface area contributed by atoms with Crippen LogP contribution >= 0.6 is 11.6 Å². The highest BCUT2D eigenvalue weighted by Crippen LogP contribution is 2.36. The summed E-state index contributed by atoms with van der Waals surface area (Å²) in [5.41, 5.74) is 0.885. The molecule has 3 amide bonds. The van der Waals surface area contributed by atoms with Gasteiger partial charge in [0.2, 0.25) is 5.91 Å². The van der Waals surface area contributed by atoms with Crippen LogP contribution in [0.15, 0.2) is 54.7 Å². The van der Waals surface area contributed by atoms with Crippen LogP contribution in [0, 0.1) is 0 Å². The number of urea groups is 1. The van der Waals surface area contributed by atoms with E-state index in [1.807, 2.05) is 6.07 Å². The number of nitrogens with zero attached hydrogens (tertiary/aromatic N) is 2. The van der Waals surface area contributed by atoms with Crippen molar-refractivity contribution in [3.05, 3.63) is 76.4 Å². The number of carbonyl (C=O) groups is 2. The molecule has 1 aliphatic rings. The number of ether oxygens (including phenoxy) is 1. The normalized spacial score (nSPS) is 12.8. The van der Waals surface area contributed by atoms with Gasteiger partial charge in [0.25, 0.3) is 0 Å². The average Bonchev–Trinajstić information content (AvgIpc) is 2.79. The smallest absolute Gasteiger partial charge is 0.417 e. The fourth-order valence-corrected chi connectivity index (χ4v) is 3.88. The van der Waals surface area contributed by atoms with Gasteiger partial charge in [-0.3, -0.25) is 4.79 Å². The number of hydrogen-bond donors (Lipinski definition) is 2. The van der Waals surface area contributed by atoms with Gasteiger partial charge in [0, 0.05) is 38.0 Å². The Morgan fingerprint density at radius 3 is 2.50 bits per heavy atom. The molecule has 4 rings (SSSR count). The van der Waals surface area contributed by atoms with Gasteiger partial charge in [-0.15, -0.1) is 0 Å². The predicted molar refractivity (Wildman–Crippen MR) is 131 cm³/mol. The second-order valence-corrected chi connectivity index (χ2v) is 8.29. The highest BCUT2D eigenvalue weighted by Gasteiger charge is 2.33. The molecule has 0 spiro atoms. The van der Waals surface area contributed by atoms with E-state index in [0.29, 0.717) is 30.3 Å². The molecule has 3 aromatic rings. The van der Waals surface area contributed by atoms with Crippen LogP contribution in [0.3, 0.4) is 0 Å². The molecule has 1 aliphatic heterocycles. The van der Waals surface area contributed by atoms with E-state index < -0.39 is 22.8 Å². The molecule has 1 aromatic heterocycles. The third-order valence-corrected chi connectivity index (χ3v) is 5.60. The van der Waals surface area contributed by atoms with Gasteiger partial charge >= 0.3 is 12.2 Å². The molecule has 2 N–H and O–H groups in total. The third kappa shape index (κ3) is 6.45. The fourth-order valence-electron chi connectivity index (χ4n) is 3.65. The largest absolute Gasteiger partial charge is 0.457 e. The van der Waals surface area contributed by atoms with Crippen molar-refractivity contribution in [2.45, 2.75) is 33.5 Å². The van der Waals surface area contributed by atoms with Gasteiger partial charge in [-0.05, 0) is 53.9 Å². The van der Waals surface area contributed by atoms with E-state index in [4.69, 9.17) is 16.3 Å². The Hall–Kier alpha value is -3.79. The monoisotopic (exact) mass is 520 g/mol. The second-order valence-electron chi connectivity index (χ2n) is 7.88. The van der Waals surface area contributed by atoms with Gasteiger partial charge < -0.3 is 20.3 Å². The first-order chi connectivity index (χ1) is 16.6. The molecule has 11 heteroatoms. The summed E-state index contributed by atoms with van der Waals surface area (Å²) in [6, 6.07) is 11.5. The lowest BCUT2D eigenvalue weighted by atomic mass is 10.00. The van der Waals surface area contributed by atoms with E-state index in [-0.39, 0.29) is 25.6 Å². The molecule has 36 heavy (non-hydrogen) atoms. The molecule has 0 saturated carbocycles. The van der Waals surface area contributed by atoms with E-state index in [1.54, 1.807) is 24.3 Å². The van der Waals surface area contributed by atoms with Gasteiger partial charge in [0.15, 0.2) is 0 Å². The first kappa shape index (κ1) is 26.8. The van der Waals surface area contributed by atoms with Gasteiger partial charge in [0.1, 0.15) is 17.3 Å². The van der Waals surface area contributed by atoms with Crippen molar-refractivity contribution in [2.24, 2.45) is 0 Å². The molecule has 0 aliphatic carbocycles. The number of fused-ring (bicyclic) bond motifs is 1. The average molecular weight is 521 g/mol. The first-order valence-corrected chi connectivity index (χ1v) is 10.9. The van der Waals surface area contributed by atoms with E-state index >= 15 is 0 Å². The Morgan fingerprint density at radius 1 is 1.03 bits per heavy atom. The molecule has 0 saturated heterocycles. The molecular formula is C25H24ClF3N4O3. The SMILES string of the molecule is C.CC(=O)Nc1cc(Oc2ccc3c(c2)CN(C(=O)Nc2ccc(Cl)c(C(F)(F)F)c2)CC3)ccn1. The zero-order valence-corrected chi connectivity index (χ0v) is 19.2. The van der Waals surface area contributed by atoms with E-state index in [9.17, 15) is 22.8 Å². The van der Waals surface area contributed by atoms with Crippen molar-refractivity contribution in [3.63, 3.8) is 0 Å². The Bertz CT molecular complexity index is 1280. The molecule has 0 fully saturated rings. The number of benzene rings is 2. The predicted octanol–water partition coefficient (Wildman–Crippen LogP) is 6.73. The molecular weight excluding hydrogens is 497 g/mol. The molecule has 2 aromatic carbocycles. The van der Waals surface area contributed by atoms with Gasteiger partial charge in [-0.2, -0.15) is 13.2 Å². The van der Waals surface area contributed by atoms with Crippen LogP contribution in [0.25, 0.3) is 0 Å².